The first-order valence-corrected chi connectivity index (χ1v) is 12.1. The van der Waals surface area contributed by atoms with Gasteiger partial charge in [0.15, 0.2) is 5.82 Å². The predicted octanol–water partition coefficient (Wildman–Crippen LogP) is 3.64. The molecule has 0 spiro atoms. The van der Waals surface area contributed by atoms with Crippen LogP contribution in [0.15, 0.2) is 48.5 Å². The van der Waals surface area contributed by atoms with Gasteiger partial charge in [-0.3, -0.25) is 9.80 Å². The highest BCUT2D eigenvalue weighted by atomic mass is 16.5. The SMILES string of the molecule is COc1ccc(OC)c([C@H](c2nnnn2CCC(C)C)N2CCN(Cc3ccccc3)CC2)c1. The van der Waals surface area contributed by atoms with E-state index < -0.39 is 0 Å². The Bertz CT molecular complexity index is 1030. The predicted molar refractivity (Wildman–Crippen MR) is 132 cm³/mol. The zero-order valence-corrected chi connectivity index (χ0v) is 20.7. The molecule has 3 aromatic rings. The van der Waals surface area contributed by atoms with Crippen LogP contribution in [0.2, 0.25) is 0 Å². The number of tetrazole rings is 1. The monoisotopic (exact) mass is 464 g/mol. The fourth-order valence-electron chi connectivity index (χ4n) is 4.52. The Morgan fingerprint density at radius 3 is 2.38 bits per heavy atom. The summed E-state index contributed by atoms with van der Waals surface area (Å²) >= 11 is 0. The summed E-state index contributed by atoms with van der Waals surface area (Å²) < 4.78 is 13.3. The van der Waals surface area contributed by atoms with Gasteiger partial charge in [-0.2, -0.15) is 0 Å². The minimum absolute atomic E-state index is 0.119. The van der Waals surface area contributed by atoms with E-state index >= 15 is 0 Å². The number of benzene rings is 2. The lowest BCUT2D eigenvalue weighted by atomic mass is 10.0. The second-order valence-corrected chi connectivity index (χ2v) is 9.25. The van der Waals surface area contributed by atoms with Crippen LogP contribution in [0.5, 0.6) is 11.5 Å². The highest BCUT2D eigenvalue weighted by molar-refractivity contribution is 5.44. The van der Waals surface area contributed by atoms with Gasteiger partial charge < -0.3 is 9.47 Å². The molecule has 0 saturated carbocycles. The maximum atomic E-state index is 5.78. The lowest BCUT2D eigenvalue weighted by Crippen LogP contribution is -2.48. The molecule has 1 aliphatic heterocycles. The van der Waals surface area contributed by atoms with Crippen molar-refractivity contribution in [1.29, 1.82) is 0 Å². The molecular weight excluding hydrogens is 428 g/mol. The van der Waals surface area contributed by atoms with Crippen LogP contribution in [0.4, 0.5) is 0 Å². The molecule has 2 heterocycles. The minimum atomic E-state index is -0.119. The van der Waals surface area contributed by atoms with Crippen LogP contribution >= 0.6 is 0 Å². The zero-order chi connectivity index (χ0) is 23.9. The first-order chi connectivity index (χ1) is 16.6. The number of rotatable bonds is 10. The highest BCUT2D eigenvalue weighted by Crippen LogP contribution is 2.37. The molecule has 34 heavy (non-hydrogen) atoms. The van der Waals surface area contributed by atoms with Gasteiger partial charge in [0.25, 0.3) is 0 Å². The van der Waals surface area contributed by atoms with Crippen molar-refractivity contribution in [2.75, 3.05) is 40.4 Å². The number of aromatic nitrogens is 4. The third kappa shape index (κ3) is 5.74. The summed E-state index contributed by atoms with van der Waals surface area (Å²) in [6.45, 7) is 9.97. The Morgan fingerprint density at radius 1 is 0.941 bits per heavy atom. The third-order valence-electron chi connectivity index (χ3n) is 6.47. The largest absolute Gasteiger partial charge is 0.497 e. The van der Waals surface area contributed by atoms with Crippen molar-refractivity contribution in [2.45, 2.75) is 39.4 Å². The molecule has 0 aliphatic carbocycles. The maximum Gasteiger partial charge on any atom is 0.173 e. The maximum absolute atomic E-state index is 5.78. The topological polar surface area (TPSA) is 68.5 Å². The van der Waals surface area contributed by atoms with E-state index in [9.17, 15) is 0 Å². The first kappa shape index (κ1) is 24.2. The molecule has 0 radical (unpaired) electrons. The number of hydrogen-bond acceptors (Lipinski definition) is 7. The molecule has 2 aromatic carbocycles. The molecule has 8 heteroatoms. The summed E-state index contributed by atoms with van der Waals surface area (Å²) in [4.78, 5) is 4.98. The summed E-state index contributed by atoms with van der Waals surface area (Å²) in [6, 6.07) is 16.5. The van der Waals surface area contributed by atoms with Gasteiger partial charge in [-0.1, -0.05) is 44.2 Å². The van der Waals surface area contributed by atoms with Crippen molar-refractivity contribution in [2.24, 2.45) is 5.92 Å². The Morgan fingerprint density at radius 2 is 1.71 bits per heavy atom. The van der Waals surface area contributed by atoms with Crippen molar-refractivity contribution in [3.8, 4) is 11.5 Å². The standard InChI is InChI=1S/C26H36N6O2/c1-20(2)12-13-32-26(27-28-29-32)25(23-18-22(33-3)10-11-24(23)34-4)31-16-14-30(15-17-31)19-21-8-6-5-7-9-21/h5-11,18,20,25H,12-17,19H2,1-4H3/t25-/m1/s1. The van der Waals surface area contributed by atoms with Crippen molar-refractivity contribution >= 4 is 0 Å². The van der Waals surface area contributed by atoms with Gasteiger partial charge in [0, 0.05) is 44.8 Å². The molecule has 4 rings (SSSR count). The second-order valence-electron chi connectivity index (χ2n) is 9.25. The summed E-state index contributed by atoms with van der Waals surface area (Å²) in [5.41, 5.74) is 2.37. The van der Waals surface area contributed by atoms with Crippen molar-refractivity contribution < 1.29 is 9.47 Å². The van der Waals surface area contributed by atoms with Crippen LogP contribution in [0, 0.1) is 5.92 Å². The number of piperazine rings is 1. The molecule has 0 unspecified atom stereocenters. The van der Waals surface area contributed by atoms with Gasteiger partial charge in [0.2, 0.25) is 0 Å². The van der Waals surface area contributed by atoms with Crippen LogP contribution in [0.1, 0.15) is 43.3 Å². The molecule has 1 atom stereocenters. The quantitative estimate of drug-likeness (QED) is 0.454. The van der Waals surface area contributed by atoms with E-state index in [-0.39, 0.29) is 6.04 Å². The summed E-state index contributed by atoms with van der Waals surface area (Å²) in [5.74, 6) is 3.03. The molecule has 0 amide bonds. The van der Waals surface area contributed by atoms with Crippen LogP contribution in [-0.2, 0) is 13.1 Å². The molecule has 1 saturated heterocycles. The van der Waals surface area contributed by atoms with Gasteiger partial charge >= 0.3 is 0 Å². The minimum Gasteiger partial charge on any atom is -0.497 e. The van der Waals surface area contributed by atoms with E-state index in [0.717, 1.165) is 68.6 Å². The number of methoxy groups -OCH3 is 2. The van der Waals surface area contributed by atoms with Gasteiger partial charge in [0.1, 0.15) is 17.5 Å². The van der Waals surface area contributed by atoms with E-state index in [1.807, 2.05) is 16.8 Å². The van der Waals surface area contributed by atoms with E-state index in [1.54, 1.807) is 14.2 Å². The van der Waals surface area contributed by atoms with Gasteiger partial charge in [0.05, 0.1) is 14.2 Å². The normalized spacial score (nSPS) is 16.0. The lowest BCUT2D eigenvalue weighted by Gasteiger charge is -2.39. The Balaban J connectivity index is 1.62. The van der Waals surface area contributed by atoms with Crippen molar-refractivity contribution in [3.63, 3.8) is 0 Å². The second kappa shape index (κ2) is 11.4. The fourth-order valence-corrected chi connectivity index (χ4v) is 4.52. The number of aryl methyl sites for hydroxylation is 1. The first-order valence-electron chi connectivity index (χ1n) is 12.1. The van der Waals surface area contributed by atoms with Crippen LogP contribution in [-0.4, -0.2) is 70.4 Å². The zero-order valence-electron chi connectivity index (χ0n) is 20.7. The number of hydrogen-bond donors (Lipinski definition) is 0. The van der Waals surface area contributed by atoms with Crippen LogP contribution in [0.3, 0.4) is 0 Å². The van der Waals surface area contributed by atoms with Gasteiger partial charge in [-0.15, -0.1) is 5.10 Å². The number of nitrogens with zero attached hydrogens (tertiary/aromatic N) is 6. The smallest absolute Gasteiger partial charge is 0.173 e. The average molecular weight is 465 g/mol. The van der Waals surface area contributed by atoms with E-state index in [2.05, 4.69) is 75.6 Å². The van der Waals surface area contributed by atoms with E-state index in [1.165, 1.54) is 5.56 Å². The number of ether oxygens (including phenoxy) is 2. The van der Waals surface area contributed by atoms with Crippen molar-refractivity contribution in [3.05, 3.63) is 65.5 Å². The highest BCUT2D eigenvalue weighted by Gasteiger charge is 2.33. The lowest BCUT2D eigenvalue weighted by molar-refractivity contribution is 0.0988. The molecule has 0 bridgehead atoms. The molecule has 1 fully saturated rings. The van der Waals surface area contributed by atoms with Crippen molar-refractivity contribution in [1.82, 2.24) is 30.0 Å². The van der Waals surface area contributed by atoms with Gasteiger partial charge in [-0.25, -0.2) is 4.68 Å². The van der Waals surface area contributed by atoms with Crippen LogP contribution < -0.4 is 9.47 Å². The summed E-state index contributed by atoms with van der Waals surface area (Å²) in [5, 5.41) is 12.9. The molecule has 0 N–H and O–H groups in total. The van der Waals surface area contributed by atoms with E-state index in [4.69, 9.17) is 9.47 Å². The molecule has 182 valence electrons. The third-order valence-corrected chi connectivity index (χ3v) is 6.47. The molecular formula is C26H36N6O2. The molecule has 8 nitrogen and oxygen atoms in total. The van der Waals surface area contributed by atoms with Gasteiger partial charge in [-0.05, 0) is 46.5 Å². The van der Waals surface area contributed by atoms with Crippen LogP contribution in [0.25, 0.3) is 0 Å². The van der Waals surface area contributed by atoms with E-state index in [0.29, 0.717) is 5.92 Å². The Hall–Kier alpha value is -2.97. The Labute approximate surface area is 202 Å². The molecule has 1 aliphatic rings. The summed E-state index contributed by atoms with van der Waals surface area (Å²) in [6.07, 6.45) is 1.02. The summed E-state index contributed by atoms with van der Waals surface area (Å²) in [7, 11) is 3.40. The molecule has 1 aromatic heterocycles. The fraction of sp³-hybridized carbons (Fsp3) is 0.500. The Kier molecular flexibility index (Phi) is 8.13. The average Bonchev–Trinajstić information content (AvgIpc) is 3.32.